The molecule has 1 aromatic carbocycles. The van der Waals surface area contributed by atoms with Crippen LogP contribution >= 0.6 is 27.3 Å². The SMILES string of the molecule is NNc1ncc(COCc2ccccc2Br)s1. The number of thiazole rings is 1. The van der Waals surface area contributed by atoms with E-state index in [4.69, 9.17) is 10.6 Å². The van der Waals surface area contributed by atoms with Crippen molar-refractivity contribution in [3.05, 3.63) is 45.4 Å². The molecule has 1 aromatic heterocycles. The second kappa shape index (κ2) is 6.11. The van der Waals surface area contributed by atoms with Gasteiger partial charge in [0.05, 0.1) is 18.1 Å². The number of benzene rings is 1. The molecule has 0 atom stereocenters. The Labute approximate surface area is 112 Å². The molecule has 17 heavy (non-hydrogen) atoms. The van der Waals surface area contributed by atoms with Crippen LogP contribution in [-0.4, -0.2) is 4.98 Å². The van der Waals surface area contributed by atoms with Crippen LogP contribution in [0.5, 0.6) is 0 Å². The van der Waals surface area contributed by atoms with Crippen LogP contribution in [0.1, 0.15) is 10.4 Å². The molecular weight excluding hydrogens is 302 g/mol. The molecule has 6 heteroatoms. The number of hydrazine groups is 1. The zero-order valence-corrected chi connectivity index (χ0v) is 11.4. The van der Waals surface area contributed by atoms with Crippen LogP contribution in [0.3, 0.4) is 0 Å². The van der Waals surface area contributed by atoms with Crippen LogP contribution in [0.15, 0.2) is 34.9 Å². The molecule has 0 bridgehead atoms. The van der Waals surface area contributed by atoms with Crippen molar-refractivity contribution in [3.8, 4) is 0 Å². The number of anilines is 1. The van der Waals surface area contributed by atoms with Gasteiger partial charge in [0.2, 0.25) is 0 Å². The summed E-state index contributed by atoms with van der Waals surface area (Å²) in [7, 11) is 0. The molecule has 0 saturated carbocycles. The van der Waals surface area contributed by atoms with Crippen LogP contribution in [0.2, 0.25) is 0 Å². The van der Waals surface area contributed by atoms with Crippen molar-refractivity contribution in [1.29, 1.82) is 0 Å². The first-order chi connectivity index (χ1) is 8.29. The Morgan fingerprint density at radius 1 is 1.35 bits per heavy atom. The lowest BCUT2D eigenvalue weighted by Crippen LogP contribution is -2.05. The molecule has 0 aliphatic heterocycles. The van der Waals surface area contributed by atoms with Gasteiger partial charge < -0.3 is 4.74 Å². The molecule has 0 saturated heterocycles. The number of ether oxygens (including phenoxy) is 1. The first-order valence-corrected chi connectivity index (χ1v) is 6.63. The maximum atomic E-state index is 5.62. The molecule has 0 spiro atoms. The second-order valence-corrected chi connectivity index (χ2v) is 5.33. The normalized spacial score (nSPS) is 10.5. The van der Waals surface area contributed by atoms with E-state index >= 15 is 0 Å². The monoisotopic (exact) mass is 313 g/mol. The minimum absolute atomic E-state index is 0.542. The van der Waals surface area contributed by atoms with Crippen LogP contribution in [-0.2, 0) is 18.0 Å². The summed E-state index contributed by atoms with van der Waals surface area (Å²) in [5, 5.41) is 0.699. The van der Waals surface area contributed by atoms with E-state index in [1.165, 1.54) is 11.3 Å². The Hall–Kier alpha value is -0.950. The standard InChI is InChI=1S/C11H12BrN3OS/c12-10-4-2-1-3-8(10)6-16-7-9-5-14-11(15-13)17-9/h1-5H,6-7,13H2,(H,14,15). The van der Waals surface area contributed by atoms with Crippen molar-refractivity contribution in [2.24, 2.45) is 5.84 Å². The third-order valence-corrected chi connectivity index (χ3v) is 3.81. The Bertz CT molecular complexity index is 489. The zero-order valence-electron chi connectivity index (χ0n) is 9.02. The molecule has 0 fully saturated rings. The second-order valence-electron chi connectivity index (χ2n) is 3.36. The number of nitrogen functional groups attached to an aromatic ring is 1. The number of nitrogens with two attached hydrogens (primary N) is 1. The quantitative estimate of drug-likeness (QED) is 0.658. The van der Waals surface area contributed by atoms with Gasteiger partial charge in [0, 0.05) is 10.7 Å². The van der Waals surface area contributed by atoms with E-state index in [0.29, 0.717) is 18.3 Å². The number of rotatable bonds is 5. The third-order valence-electron chi connectivity index (χ3n) is 2.14. The lowest BCUT2D eigenvalue weighted by molar-refractivity contribution is 0.108. The molecule has 2 rings (SSSR count). The summed E-state index contributed by atoms with van der Waals surface area (Å²) in [6.07, 6.45) is 1.76. The Balaban J connectivity index is 1.85. The maximum absolute atomic E-state index is 5.62. The maximum Gasteiger partial charge on any atom is 0.197 e. The van der Waals surface area contributed by atoms with Gasteiger partial charge in [0.25, 0.3) is 0 Å². The molecule has 0 aliphatic rings. The van der Waals surface area contributed by atoms with E-state index in [1.807, 2.05) is 24.3 Å². The van der Waals surface area contributed by atoms with Gasteiger partial charge in [-0.25, -0.2) is 10.8 Å². The van der Waals surface area contributed by atoms with Gasteiger partial charge in [-0.15, -0.1) is 0 Å². The molecule has 3 N–H and O–H groups in total. The lowest BCUT2D eigenvalue weighted by Gasteiger charge is -2.04. The van der Waals surface area contributed by atoms with Crippen molar-refractivity contribution in [3.63, 3.8) is 0 Å². The van der Waals surface area contributed by atoms with Crippen LogP contribution in [0, 0.1) is 0 Å². The highest BCUT2D eigenvalue weighted by atomic mass is 79.9. The average molecular weight is 314 g/mol. The Kier molecular flexibility index (Phi) is 4.49. The molecule has 0 radical (unpaired) electrons. The van der Waals surface area contributed by atoms with Crippen molar-refractivity contribution < 1.29 is 4.74 Å². The number of aromatic nitrogens is 1. The summed E-state index contributed by atoms with van der Waals surface area (Å²) >= 11 is 4.97. The van der Waals surface area contributed by atoms with Crippen LogP contribution in [0.4, 0.5) is 5.13 Å². The zero-order chi connectivity index (χ0) is 12.1. The Morgan fingerprint density at radius 3 is 2.88 bits per heavy atom. The highest BCUT2D eigenvalue weighted by Gasteiger charge is 2.02. The highest BCUT2D eigenvalue weighted by Crippen LogP contribution is 2.20. The van der Waals surface area contributed by atoms with Gasteiger partial charge in [-0.3, -0.25) is 5.43 Å². The fraction of sp³-hybridized carbons (Fsp3) is 0.182. The first-order valence-electron chi connectivity index (χ1n) is 5.02. The summed E-state index contributed by atoms with van der Waals surface area (Å²) in [5.41, 5.74) is 3.64. The predicted octanol–water partition coefficient (Wildman–Crippen LogP) is 2.91. The van der Waals surface area contributed by atoms with E-state index in [-0.39, 0.29) is 0 Å². The van der Waals surface area contributed by atoms with E-state index < -0.39 is 0 Å². The number of nitrogens with zero attached hydrogens (tertiary/aromatic N) is 1. The molecular formula is C11H12BrN3OS. The fourth-order valence-corrected chi connectivity index (χ4v) is 2.38. The van der Waals surface area contributed by atoms with E-state index in [2.05, 4.69) is 26.3 Å². The summed E-state index contributed by atoms with van der Waals surface area (Å²) in [5.74, 6) is 5.25. The summed E-state index contributed by atoms with van der Waals surface area (Å²) in [6, 6.07) is 8.01. The van der Waals surface area contributed by atoms with Gasteiger partial charge in [0.1, 0.15) is 0 Å². The average Bonchev–Trinajstić information content (AvgIpc) is 2.80. The fourth-order valence-electron chi connectivity index (χ4n) is 1.32. The Morgan fingerprint density at radius 2 is 2.18 bits per heavy atom. The summed E-state index contributed by atoms with van der Waals surface area (Å²) < 4.78 is 6.68. The smallest absolute Gasteiger partial charge is 0.197 e. The molecule has 4 nitrogen and oxygen atoms in total. The third kappa shape index (κ3) is 3.50. The molecule has 90 valence electrons. The lowest BCUT2D eigenvalue weighted by atomic mass is 10.2. The van der Waals surface area contributed by atoms with E-state index in [1.54, 1.807) is 6.20 Å². The minimum atomic E-state index is 0.542. The molecule has 2 aromatic rings. The number of nitrogens with one attached hydrogen (secondary N) is 1. The number of halogens is 1. The summed E-state index contributed by atoms with van der Waals surface area (Å²) in [6.45, 7) is 1.12. The van der Waals surface area contributed by atoms with Crippen LogP contribution in [0.25, 0.3) is 0 Å². The first kappa shape index (κ1) is 12.5. The van der Waals surface area contributed by atoms with Crippen molar-refractivity contribution >= 4 is 32.4 Å². The van der Waals surface area contributed by atoms with Crippen molar-refractivity contribution in [2.75, 3.05) is 5.43 Å². The molecule has 1 heterocycles. The van der Waals surface area contributed by atoms with Crippen LogP contribution < -0.4 is 11.3 Å². The van der Waals surface area contributed by atoms with Gasteiger partial charge in [-0.1, -0.05) is 45.5 Å². The number of hydrogen-bond donors (Lipinski definition) is 2. The minimum Gasteiger partial charge on any atom is -0.371 e. The van der Waals surface area contributed by atoms with E-state index in [9.17, 15) is 0 Å². The summed E-state index contributed by atoms with van der Waals surface area (Å²) in [4.78, 5) is 5.12. The largest absolute Gasteiger partial charge is 0.371 e. The highest BCUT2D eigenvalue weighted by molar-refractivity contribution is 9.10. The molecule has 0 amide bonds. The predicted molar refractivity (Wildman–Crippen MR) is 72.6 cm³/mol. The van der Waals surface area contributed by atoms with E-state index in [0.717, 1.165) is 14.9 Å². The van der Waals surface area contributed by atoms with Crippen molar-refractivity contribution in [1.82, 2.24) is 4.98 Å². The van der Waals surface area contributed by atoms with Gasteiger partial charge in [-0.05, 0) is 11.6 Å². The van der Waals surface area contributed by atoms with Gasteiger partial charge in [0.15, 0.2) is 5.13 Å². The molecule has 0 aliphatic carbocycles. The van der Waals surface area contributed by atoms with Gasteiger partial charge >= 0.3 is 0 Å². The van der Waals surface area contributed by atoms with Crippen molar-refractivity contribution in [2.45, 2.75) is 13.2 Å². The topological polar surface area (TPSA) is 60.2 Å². The van der Waals surface area contributed by atoms with Gasteiger partial charge in [-0.2, -0.15) is 0 Å². The number of hydrogen-bond acceptors (Lipinski definition) is 5. The molecule has 0 unspecified atom stereocenters.